The lowest BCUT2D eigenvalue weighted by atomic mass is 10.0. The van der Waals surface area contributed by atoms with Crippen molar-refractivity contribution in [1.29, 1.82) is 0 Å². The van der Waals surface area contributed by atoms with E-state index in [-0.39, 0.29) is 18.1 Å². The number of ether oxygens (including phenoxy) is 2. The molecule has 1 saturated carbocycles. The number of hydrogen-bond donors (Lipinski definition) is 1. The van der Waals surface area contributed by atoms with Gasteiger partial charge in [0.15, 0.2) is 0 Å². The SMILES string of the molecule is C=C1[C@@H](N)C[C@H](OCc2ccccc2)[C@H]1COCc1ccccc1. The standard InChI is InChI=1S/C21H25NO2/c1-16-19(15-23-13-17-8-4-2-5-9-17)21(12-20(16)22)24-14-18-10-6-3-7-11-18/h2-11,19-21H,1,12-15,22H2/t19-,20-,21-/m0/s1. The van der Waals surface area contributed by atoms with E-state index in [0.29, 0.717) is 19.8 Å². The van der Waals surface area contributed by atoms with Gasteiger partial charge in [-0.3, -0.25) is 0 Å². The molecular weight excluding hydrogens is 298 g/mol. The zero-order valence-corrected chi connectivity index (χ0v) is 13.9. The summed E-state index contributed by atoms with van der Waals surface area (Å²) >= 11 is 0. The quantitative estimate of drug-likeness (QED) is 0.790. The Bertz CT molecular complexity index is 641. The molecule has 126 valence electrons. The number of benzene rings is 2. The largest absolute Gasteiger partial charge is 0.376 e. The van der Waals surface area contributed by atoms with Gasteiger partial charge in [0.1, 0.15) is 0 Å². The molecule has 1 fully saturated rings. The van der Waals surface area contributed by atoms with Crippen molar-refractivity contribution < 1.29 is 9.47 Å². The predicted molar refractivity (Wildman–Crippen MR) is 96.3 cm³/mol. The molecule has 0 unspecified atom stereocenters. The maximum Gasteiger partial charge on any atom is 0.0720 e. The average Bonchev–Trinajstić information content (AvgIpc) is 2.89. The zero-order chi connectivity index (χ0) is 16.8. The third-order valence-electron chi connectivity index (χ3n) is 4.60. The molecule has 0 saturated heterocycles. The van der Waals surface area contributed by atoms with E-state index in [0.717, 1.165) is 12.0 Å². The van der Waals surface area contributed by atoms with Crippen molar-refractivity contribution in [1.82, 2.24) is 0 Å². The first-order chi connectivity index (χ1) is 11.7. The first-order valence-corrected chi connectivity index (χ1v) is 8.45. The Labute approximate surface area is 144 Å². The second kappa shape index (κ2) is 8.25. The van der Waals surface area contributed by atoms with E-state index in [9.17, 15) is 0 Å². The Morgan fingerprint density at radius 3 is 2.12 bits per heavy atom. The van der Waals surface area contributed by atoms with Crippen LogP contribution in [-0.2, 0) is 22.7 Å². The third-order valence-corrected chi connectivity index (χ3v) is 4.60. The van der Waals surface area contributed by atoms with E-state index < -0.39 is 0 Å². The fraction of sp³-hybridized carbons (Fsp3) is 0.333. The molecule has 2 aromatic rings. The van der Waals surface area contributed by atoms with Gasteiger partial charge in [-0.1, -0.05) is 72.8 Å². The van der Waals surface area contributed by atoms with Gasteiger partial charge in [0.2, 0.25) is 0 Å². The topological polar surface area (TPSA) is 44.5 Å². The highest BCUT2D eigenvalue weighted by Crippen LogP contribution is 2.32. The minimum Gasteiger partial charge on any atom is -0.376 e. The summed E-state index contributed by atoms with van der Waals surface area (Å²) in [4.78, 5) is 0. The van der Waals surface area contributed by atoms with Gasteiger partial charge in [0, 0.05) is 12.0 Å². The molecule has 1 aliphatic rings. The molecule has 2 N–H and O–H groups in total. The molecule has 0 aromatic heterocycles. The van der Waals surface area contributed by atoms with E-state index in [1.54, 1.807) is 0 Å². The Morgan fingerprint density at radius 2 is 1.50 bits per heavy atom. The summed E-state index contributed by atoms with van der Waals surface area (Å²) in [5.41, 5.74) is 9.57. The van der Waals surface area contributed by atoms with Crippen molar-refractivity contribution in [3.8, 4) is 0 Å². The van der Waals surface area contributed by atoms with Crippen LogP contribution in [-0.4, -0.2) is 18.8 Å². The van der Waals surface area contributed by atoms with E-state index in [2.05, 4.69) is 30.8 Å². The maximum absolute atomic E-state index is 6.18. The summed E-state index contributed by atoms with van der Waals surface area (Å²) in [6.07, 6.45) is 0.883. The Balaban J connectivity index is 1.53. The molecule has 0 amide bonds. The van der Waals surface area contributed by atoms with E-state index >= 15 is 0 Å². The van der Waals surface area contributed by atoms with Crippen LogP contribution in [0.5, 0.6) is 0 Å². The van der Waals surface area contributed by atoms with Gasteiger partial charge in [-0.05, 0) is 17.5 Å². The monoisotopic (exact) mass is 323 g/mol. The highest BCUT2D eigenvalue weighted by Gasteiger charge is 2.36. The summed E-state index contributed by atoms with van der Waals surface area (Å²) in [5.74, 6) is 0.160. The van der Waals surface area contributed by atoms with E-state index in [1.807, 2.05) is 36.4 Å². The van der Waals surface area contributed by atoms with Gasteiger partial charge in [-0.2, -0.15) is 0 Å². The van der Waals surface area contributed by atoms with Crippen molar-refractivity contribution in [2.24, 2.45) is 11.7 Å². The fourth-order valence-electron chi connectivity index (χ4n) is 3.13. The smallest absolute Gasteiger partial charge is 0.0720 e. The maximum atomic E-state index is 6.18. The van der Waals surface area contributed by atoms with Crippen LogP contribution in [0.15, 0.2) is 72.8 Å². The molecule has 3 rings (SSSR count). The van der Waals surface area contributed by atoms with Crippen molar-refractivity contribution >= 4 is 0 Å². The lowest BCUT2D eigenvalue weighted by molar-refractivity contribution is -0.0116. The molecule has 1 aliphatic carbocycles. The second-order valence-corrected chi connectivity index (χ2v) is 6.36. The molecule has 24 heavy (non-hydrogen) atoms. The van der Waals surface area contributed by atoms with Crippen molar-refractivity contribution in [3.63, 3.8) is 0 Å². The summed E-state index contributed by atoms with van der Waals surface area (Å²) in [6.45, 7) is 5.96. The molecular formula is C21H25NO2. The van der Waals surface area contributed by atoms with Gasteiger partial charge in [0.25, 0.3) is 0 Å². The zero-order valence-electron chi connectivity index (χ0n) is 13.9. The lowest BCUT2D eigenvalue weighted by Crippen LogP contribution is -2.23. The van der Waals surface area contributed by atoms with Crippen molar-refractivity contribution in [3.05, 3.63) is 83.9 Å². The van der Waals surface area contributed by atoms with Crippen LogP contribution < -0.4 is 5.73 Å². The van der Waals surface area contributed by atoms with Gasteiger partial charge in [0.05, 0.1) is 25.9 Å². The molecule has 3 atom stereocenters. The number of rotatable bonds is 7. The Kier molecular flexibility index (Phi) is 5.81. The van der Waals surface area contributed by atoms with Crippen LogP contribution in [0.2, 0.25) is 0 Å². The summed E-state index contributed by atoms with van der Waals surface area (Å²) < 4.78 is 12.0. The predicted octanol–water partition coefficient (Wildman–Crippen LogP) is 3.69. The van der Waals surface area contributed by atoms with Gasteiger partial charge in [-0.25, -0.2) is 0 Å². The Morgan fingerprint density at radius 1 is 0.917 bits per heavy atom. The molecule has 2 aromatic carbocycles. The molecule has 0 heterocycles. The van der Waals surface area contributed by atoms with Crippen LogP contribution in [0, 0.1) is 5.92 Å². The van der Waals surface area contributed by atoms with Crippen molar-refractivity contribution in [2.75, 3.05) is 6.61 Å². The molecule has 0 spiro atoms. The number of nitrogens with two attached hydrogens (primary N) is 1. The second-order valence-electron chi connectivity index (χ2n) is 6.36. The minimum atomic E-state index is -0.00361. The highest BCUT2D eigenvalue weighted by molar-refractivity contribution is 5.19. The molecule has 0 radical (unpaired) electrons. The van der Waals surface area contributed by atoms with Crippen LogP contribution in [0.4, 0.5) is 0 Å². The Hall–Kier alpha value is -1.94. The van der Waals surface area contributed by atoms with Crippen LogP contribution in [0.1, 0.15) is 17.5 Å². The summed E-state index contributed by atoms with van der Waals surface area (Å²) in [7, 11) is 0. The van der Waals surface area contributed by atoms with Crippen molar-refractivity contribution in [2.45, 2.75) is 31.8 Å². The molecule has 0 aliphatic heterocycles. The van der Waals surface area contributed by atoms with Gasteiger partial charge < -0.3 is 15.2 Å². The fourth-order valence-corrected chi connectivity index (χ4v) is 3.13. The molecule has 3 heteroatoms. The first-order valence-electron chi connectivity index (χ1n) is 8.45. The molecule has 0 bridgehead atoms. The summed E-state index contributed by atoms with van der Waals surface area (Å²) in [6, 6.07) is 20.4. The van der Waals surface area contributed by atoms with Gasteiger partial charge in [-0.15, -0.1) is 0 Å². The van der Waals surface area contributed by atoms with Crippen LogP contribution in [0.25, 0.3) is 0 Å². The molecule has 3 nitrogen and oxygen atoms in total. The minimum absolute atomic E-state index is 0.00361. The lowest BCUT2D eigenvalue weighted by Gasteiger charge is -2.21. The third kappa shape index (κ3) is 4.32. The van der Waals surface area contributed by atoms with Gasteiger partial charge >= 0.3 is 0 Å². The van der Waals surface area contributed by atoms with E-state index in [1.165, 1.54) is 11.1 Å². The normalized spacial score (nSPS) is 23.5. The highest BCUT2D eigenvalue weighted by atomic mass is 16.5. The van der Waals surface area contributed by atoms with Crippen LogP contribution >= 0.6 is 0 Å². The van der Waals surface area contributed by atoms with E-state index in [4.69, 9.17) is 15.2 Å². The van der Waals surface area contributed by atoms with Crippen LogP contribution in [0.3, 0.4) is 0 Å². The average molecular weight is 323 g/mol. The number of hydrogen-bond acceptors (Lipinski definition) is 3. The summed E-state index contributed by atoms with van der Waals surface area (Å²) in [5, 5.41) is 0. The first kappa shape index (κ1) is 16.9.